The molecule has 0 spiro atoms. The third-order valence-corrected chi connectivity index (χ3v) is 5.27. The van der Waals surface area contributed by atoms with Gasteiger partial charge in [-0.15, -0.1) is 0 Å². The number of aromatic nitrogens is 1. The van der Waals surface area contributed by atoms with Crippen LogP contribution in [0.5, 0.6) is 0 Å². The number of ether oxygens (including phenoxy) is 1. The van der Waals surface area contributed by atoms with E-state index in [9.17, 15) is 14.4 Å². The molecule has 2 N–H and O–H groups in total. The number of hydrogen-bond acceptors (Lipinski definition) is 5. The Balaban J connectivity index is 1.63. The third-order valence-electron chi connectivity index (χ3n) is 5.27. The Morgan fingerprint density at radius 2 is 2.25 bits per heavy atom. The summed E-state index contributed by atoms with van der Waals surface area (Å²) in [5.74, 6) is -0.465. The minimum absolute atomic E-state index is 0.0111. The zero-order valence-corrected chi connectivity index (χ0v) is 16.2. The molecule has 1 aromatic rings. The molecule has 3 amide bonds. The topological polar surface area (TPSA) is 101 Å². The number of hydrogen-bond donors (Lipinski definition) is 2. The van der Waals surface area contributed by atoms with Crippen LogP contribution in [-0.4, -0.2) is 66.0 Å². The molecule has 2 fully saturated rings. The van der Waals surface area contributed by atoms with Gasteiger partial charge in [-0.1, -0.05) is 6.92 Å². The van der Waals surface area contributed by atoms with E-state index in [-0.39, 0.29) is 42.3 Å². The van der Waals surface area contributed by atoms with Crippen LogP contribution in [0.25, 0.3) is 0 Å². The van der Waals surface area contributed by atoms with Gasteiger partial charge in [-0.3, -0.25) is 19.4 Å². The number of piperazine rings is 1. The van der Waals surface area contributed by atoms with Crippen LogP contribution < -0.4 is 10.6 Å². The van der Waals surface area contributed by atoms with E-state index >= 15 is 0 Å². The Hall–Kier alpha value is -2.48. The second-order valence-corrected chi connectivity index (χ2v) is 7.35. The molecular weight excluding hydrogens is 360 g/mol. The first-order valence-corrected chi connectivity index (χ1v) is 9.96. The Morgan fingerprint density at radius 1 is 1.39 bits per heavy atom. The number of pyridine rings is 1. The quantitative estimate of drug-likeness (QED) is 0.748. The van der Waals surface area contributed by atoms with Gasteiger partial charge in [-0.2, -0.15) is 0 Å². The monoisotopic (exact) mass is 388 g/mol. The average molecular weight is 388 g/mol. The van der Waals surface area contributed by atoms with Gasteiger partial charge in [0.25, 0.3) is 5.91 Å². The molecule has 0 radical (unpaired) electrons. The third kappa shape index (κ3) is 5.07. The van der Waals surface area contributed by atoms with Crippen molar-refractivity contribution in [2.45, 2.75) is 44.8 Å². The summed E-state index contributed by atoms with van der Waals surface area (Å²) >= 11 is 0. The van der Waals surface area contributed by atoms with E-state index in [1.807, 2.05) is 6.92 Å². The molecule has 1 aliphatic heterocycles. The molecular formula is C20H28N4O4. The average Bonchev–Trinajstić information content (AvgIpc) is 2.73. The van der Waals surface area contributed by atoms with Gasteiger partial charge in [-0.25, -0.2) is 0 Å². The fourth-order valence-electron chi connectivity index (χ4n) is 3.81. The number of rotatable bonds is 6. The maximum atomic E-state index is 12.9. The lowest BCUT2D eigenvalue weighted by atomic mass is 9.82. The van der Waals surface area contributed by atoms with Crippen molar-refractivity contribution in [3.05, 3.63) is 30.1 Å². The fraction of sp³-hybridized carbons (Fsp3) is 0.600. The Labute approximate surface area is 165 Å². The van der Waals surface area contributed by atoms with Gasteiger partial charge in [0, 0.05) is 38.0 Å². The van der Waals surface area contributed by atoms with Crippen molar-refractivity contribution in [3.8, 4) is 0 Å². The summed E-state index contributed by atoms with van der Waals surface area (Å²) in [5.41, 5.74) is 0.509. The lowest BCUT2D eigenvalue weighted by Crippen LogP contribution is -2.54. The van der Waals surface area contributed by atoms with E-state index in [1.165, 1.54) is 6.20 Å². The zero-order valence-electron chi connectivity index (χ0n) is 16.2. The Morgan fingerprint density at radius 3 is 2.96 bits per heavy atom. The van der Waals surface area contributed by atoms with Crippen LogP contribution in [0.2, 0.25) is 0 Å². The maximum absolute atomic E-state index is 12.9. The van der Waals surface area contributed by atoms with Gasteiger partial charge >= 0.3 is 0 Å². The normalized spacial score (nSPS) is 25.1. The summed E-state index contributed by atoms with van der Waals surface area (Å²) in [5, 5.41) is 5.79. The molecule has 0 unspecified atom stereocenters. The smallest absolute Gasteiger partial charge is 0.253 e. The first-order chi connectivity index (χ1) is 13.6. The standard InChI is InChI=1S/C20H28N4O4/c1-2-10-28-17-11-14(20(27)24-9-8-22-18(25)13-24)5-6-16(17)23-19(26)15-4-3-7-21-12-15/h3-4,7,12,14,16-17H,2,5-6,8-11,13H2,1H3,(H,22,25)(H,23,26)/t14-,16-,17-/m0/s1. The van der Waals surface area contributed by atoms with Crippen molar-refractivity contribution in [2.24, 2.45) is 5.92 Å². The number of nitrogens with one attached hydrogen (secondary N) is 2. The van der Waals surface area contributed by atoms with Crippen molar-refractivity contribution in [2.75, 3.05) is 26.2 Å². The van der Waals surface area contributed by atoms with Gasteiger partial charge in [0.2, 0.25) is 11.8 Å². The molecule has 3 rings (SSSR count). The van der Waals surface area contributed by atoms with Crippen molar-refractivity contribution in [1.29, 1.82) is 0 Å². The van der Waals surface area contributed by atoms with Gasteiger partial charge in [-0.05, 0) is 37.8 Å². The molecule has 152 valence electrons. The van der Waals surface area contributed by atoms with Crippen LogP contribution in [0, 0.1) is 5.92 Å². The number of amides is 3. The molecule has 8 heteroatoms. The van der Waals surface area contributed by atoms with E-state index in [0.29, 0.717) is 44.5 Å². The van der Waals surface area contributed by atoms with Crippen LogP contribution in [0.4, 0.5) is 0 Å². The van der Waals surface area contributed by atoms with Crippen LogP contribution in [0.1, 0.15) is 43.0 Å². The molecule has 2 aliphatic rings. The predicted octanol–water partition coefficient (Wildman–Crippen LogP) is 0.734. The molecule has 1 aliphatic carbocycles. The summed E-state index contributed by atoms with van der Waals surface area (Å²) < 4.78 is 5.99. The molecule has 1 aromatic heterocycles. The lowest BCUT2D eigenvalue weighted by Gasteiger charge is -2.38. The highest BCUT2D eigenvalue weighted by Crippen LogP contribution is 2.29. The van der Waals surface area contributed by atoms with E-state index in [1.54, 1.807) is 23.2 Å². The predicted molar refractivity (Wildman–Crippen MR) is 102 cm³/mol. The molecule has 28 heavy (non-hydrogen) atoms. The summed E-state index contributed by atoms with van der Waals surface area (Å²) in [6.07, 6.45) is 5.69. The van der Waals surface area contributed by atoms with Gasteiger partial charge in [0.15, 0.2) is 0 Å². The first kappa shape index (κ1) is 20.3. The first-order valence-electron chi connectivity index (χ1n) is 9.96. The number of nitrogens with zero attached hydrogens (tertiary/aromatic N) is 2. The highest BCUT2D eigenvalue weighted by Gasteiger charge is 2.37. The van der Waals surface area contributed by atoms with Gasteiger partial charge in [0.05, 0.1) is 24.3 Å². The second-order valence-electron chi connectivity index (χ2n) is 7.35. The molecule has 1 saturated carbocycles. The Kier molecular flexibility index (Phi) is 6.97. The minimum atomic E-state index is -0.220. The van der Waals surface area contributed by atoms with Crippen molar-refractivity contribution < 1.29 is 19.1 Å². The fourth-order valence-corrected chi connectivity index (χ4v) is 3.81. The number of carbonyl (C=O) groups is 3. The Bertz CT molecular complexity index is 697. The number of carbonyl (C=O) groups excluding carboxylic acids is 3. The zero-order chi connectivity index (χ0) is 19.9. The van der Waals surface area contributed by atoms with Crippen molar-refractivity contribution >= 4 is 17.7 Å². The van der Waals surface area contributed by atoms with E-state index in [4.69, 9.17) is 4.74 Å². The largest absolute Gasteiger partial charge is 0.376 e. The summed E-state index contributed by atoms with van der Waals surface area (Å²) in [6.45, 7) is 3.77. The second kappa shape index (κ2) is 9.64. The molecule has 2 heterocycles. The molecule has 3 atom stereocenters. The highest BCUT2D eigenvalue weighted by molar-refractivity contribution is 5.94. The SMILES string of the molecule is CCCO[C@H]1C[C@@H](C(=O)N2CCNC(=O)C2)CC[C@@H]1NC(=O)c1cccnc1. The molecule has 0 aromatic carbocycles. The van der Waals surface area contributed by atoms with Crippen LogP contribution in [0.15, 0.2) is 24.5 Å². The minimum Gasteiger partial charge on any atom is -0.376 e. The van der Waals surface area contributed by atoms with Crippen molar-refractivity contribution in [3.63, 3.8) is 0 Å². The van der Waals surface area contributed by atoms with Gasteiger partial charge < -0.3 is 20.3 Å². The molecule has 0 bridgehead atoms. The van der Waals surface area contributed by atoms with Crippen LogP contribution in [0.3, 0.4) is 0 Å². The van der Waals surface area contributed by atoms with Gasteiger partial charge in [0.1, 0.15) is 0 Å². The van der Waals surface area contributed by atoms with Crippen molar-refractivity contribution in [1.82, 2.24) is 20.5 Å². The summed E-state index contributed by atoms with van der Waals surface area (Å²) in [4.78, 5) is 42.6. The summed E-state index contributed by atoms with van der Waals surface area (Å²) in [6, 6.07) is 3.30. The summed E-state index contributed by atoms with van der Waals surface area (Å²) in [7, 11) is 0. The lowest BCUT2D eigenvalue weighted by molar-refractivity contribution is -0.144. The molecule has 1 saturated heterocycles. The van der Waals surface area contributed by atoms with E-state index in [2.05, 4.69) is 15.6 Å². The molecule has 8 nitrogen and oxygen atoms in total. The highest BCUT2D eigenvalue weighted by atomic mass is 16.5. The van der Waals surface area contributed by atoms with Crippen LogP contribution >= 0.6 is 0 Å². The van der Waals surface area contributed by atoms with E-state index < -0.39 is 0 Å². The van der Waals surface area contributed by atoms with Crippen LogP contribution in [-0.2, 0) is 14.3 Å². The van der Waals surface area contributed by atoms with E-state index in [0.717, 1.165) is 6.42 Å². The maximum Gasteiger partial charge on any atom is 0.253 e.